The third-order valence-electron chi connectivity index (χ3n) is 2.36. The van der Waals surface area contributed by atoms with E-state index < -0.39 is 0 Å². The molecule has 0 saturated heterocycles. The highest BCUT2D eigenvalue weighted by Gasteiger charge is 2.09. The van der Waals surface area contributed by atoms with Crippen molar-refractivity contribution in [1.82, 2.24) is 4.98 Å². The van der Waals surface area contributed by atoms with Crippen LogP contribution in [0.25, 0.3) is 11.3 Å². The summed E-state index contributed by atoms with van der Waals surface area (Å²) in [6.45, 7) is 2.45. The highest BCUT2D eigenvalue weighted by atomic mass is 35.5. The lowest BCUT2D eigenvalue weighted by Gasteiger charge is -1.98. The van der Waals surface area contributed by atoms with Crippen molar-refractivity contribution in [3.05, 3.63) is 39.2 Å². The zero-order valence-electron chi connectivity index (χ0n) is 9.85. The van der Waals surface area contributed by atoms with Crippen LogP contribution >= 0.6 is 22.9 Å². The summed E-state index contributed by atoms with van der Waals surface area (Å²) in [5.41, 5.74) is 12.6. The number of guanidine groups is 1. The molecule has 0 unspecified atom stereocenters. The fourth-order valence-corrected chi connectivity index (χ4v) is 2.56. The van der Waals surface area contributed by atoms with E-state index in [1.807, 2.05) is 31.2 Å². The van der Waals surface area contributed by atoms with Crippen molar-refractivity contribution in [2.75, 3.05) is 0 Å². The summed E-state index contributed by atoms with van der Waals surface area (Å²) < 4.78 is 0. The number of hydrogen-bond acceptors (Lipinski definition) is 3. The SMILES string of the molecule is Cc1sc(CN=C(N)N)nc1-c1ccc(Cl)cc1. The molecule has 1 aromatic heterocycles. The van der Waals surface area contributed by atoms with E-state index in [0.29, 0.717) is 11.6 Å². The van der Waals surface area contributed by atoms with Gasteiger partial charge in [0.1, 0.15) is 5.01 Å². The second-order valence-corrected chi connectivity index (χ2v) is 5.48. The molecule has 0 aliphatic carbocycles. The Morgan fingerprint density at radius 1 is 1.33 bits per heavy atom. The van der Waals surface area contributed by atoms with Gasteiger partial charge in [-0.25, -0.2) is 9.98 Å². The monoisotopic (exact) mass is 280 g/mol. The zero-order chi connectivity index (χ0) is 13.1. The molecule has 0 aliphatic heterocycles. The van der Waals surface area contributed by atoms with Crippen molar-refractivity contribution >= 4 is 28.9 Å². The number of nitrogens with zero attached hydrogens (tertiary/aromatic N) is 2. The van der Waals surface area contributed by atoms with E-state index in [4.69, 9.17) is 23.1 Å². The lowest BCUT2D eigenvalue weighted by atomic mass is 10.1. The van der Waals surface area contributed by atoms with Gasteiger partial charge in [-0.05, 0) is 19.1 Å². The number of hydrogen-bond donors (Lipinski definition) is 2. The van der Waals surface area contributed by atoms with Crippen LogP contribution in [-0.2, 0) is 6.54 Å². The molecule has 4 nitrogen and oxygen atoms in total. The Morgan fingerprint density at radius 2 is 2.00 bits per heavy atom. The minimum Gasteiger partial charge on any atom is -0.370 e. The minimum atomic E-state index is 0.0795. The predicted molar refractivity (Wildman–Crippen MR) is 76.8 cm³/mol. The Bertz CT molecular complexity index is 570. The second-order valence-electron chi connectivity index (χ2n) is 3.76. The molecule has 1 aromatic carbocycles. The van der Waals surface area contributed by atoms with Crippen LogP contribution < -0.4 is 11.5 Å². The van der Waals surface area contributed by atoms with Gasteiger partial charge in [0, 0.05) is 15.5 Å². The minimum absolute atomic E-state index is 0.0795. The number of aromatic nitrogens is 1. The van der Waals surface area contributed by atoms with E-state index in [9.17, 15) is 0 Å². The highest BCUT2D eigenvalue weighted by Crippen LogP contribution is 2.28. The van der Waals surface area contributed by atoms with Gasteiger partial charge < -0.3 is 11.5 Å². The second kappa shape index (κ2) is 5.37. The van der Waals surface area contributed by atoms with Crippen LogP contribution in [0.4, 0.5) is 0 Å². The Morgan fingerprint density at radius 3 is 2.61 bits per heavy atom. The van der Waals surface area contributed by atoms with E-state index >= 15 is 0 Å². The number of aryl methyl sites for hydroxylation is 1. The van der Waals surface area contributed by atoms with Crippen molar-refractivity contribution < 1.29 is 0 Å². The first-order chi connectivity index (χ1) is 8.56. The van der Waals surface area contributed by atoms with Crippen LogP contribution in [0.15, 0.2) is 29.3 Å². The first kappa shape index (κ1) is 12.9. The Hall–Kier alpha value is -1.59. The molecule has 4 N–H and O–H groups in total. The van der Waals surface area contributed by atoms with Crippen LogP contribution in [0.1, 0.15) is 9.88 Å². The van der Waals surface area contributed by atoms with Crippen molar-refractivity contribution in [1.29, 1.82) is 0 Å². The van der Waals surface area contributed by atoms with Crippen molar-refractivity contribution in [2.24, 2.45) is 16.5 Å². The lowest BCUT2D eigenvalue weighted by Crippen LogP contribution is -2.22. The molecule has 0 spiro atoms. The average molecular weight is 281 g/mol. The number of benzene rings is 1. The summed E-state index contributed by atoms with van der Waals surface area (Å²) in [5.74, 6) is 0.0795. The summed E-state index contributed by atoms with van der Waals surface area (Å²) in [5, 5.41) is 1.61. The summed E-state index contributed by atoms with van der Waals surface area (Å²) in [6.07, 6.45) is 0. The van der Waals surface area contributed by atoms with Crippen LogP contribution in [0.3, 0.4) is 0 Å². The molecule has 2 aromatic rings. The molecular weight excluding hydrogens is 268 g/mol. The maximum Gasteiger partial charge on any atom is 0.186 e. The van der Waals surface area contributed by atoms with Crippen molar-refractivity contribution in [3.8, 4) is 11.3 Å². The van der Waals surface area contributed by atoms with Gasteiger partial charge in [0.15, 0.2) is 5.96 Å². The Labute approximate surface area is 114 Å². The molecule has 0 atom stereocenters. The Balaban J connectivity index is 2.29. The lowest BCUT2D eigenvalue weighted by molar-refractivity contribution is 1.03. The maximum absolute atomic E-state index is 5.87. The van der Waals surface area contributed by atoms with Crippen LogP contribution in [-0.4, -0.2) is 10.9 Å². The zero-order valence-corrected chi connectivity index (χ0v) is 11.4. The van der Waals surface area contributed by atoms with Gasteiger partial charge in [0.25, 0.3) is 0 Å². The molecule has 0 aliphatic rings. The van der Waals surface area contributed by atoms with E-state index in [1.54, 1.807) is 11.3 Å². The topological polar surface area (TPSA) is 77.3 Å². The van der Waals surface area contributed by atoms with E-state index in [0.717, 1.165) is 21.1 Å². The van der Waals surface area contributed by atoms with E-state index in [2.05, 4.69) is 9.98 Å². The normalized spacial score (nSPS) is 10.3. The van der Waals surface area contributed by atoms with Gasteiger partial charge in [0.2, 0.25) is 0 Å². The molecular formula is C12H13ClN4S. The molecule has 6 heteroatoms. The number of thiazole rings is 1. The molecule has 0 saturated carbocycles. The van der Waals surface area contributed by atoms with Gasteiger partial charge in [0.05, 0.1) is 12.2 Å². The number of halogens is 1. The predicted octanol–water partition coefficient (Wildman–Crippen LogP) is 2.55. The van der Waals surface area contributed by atoms with Crippen LogP contribution in [0.2, 0.25) is 5.02 Å². The molecule has 2 rings (SSSR count). The van der Waals surface area contributed by atoms with Gasteiger partial charge in [-0.2, -0.15) is 0 Å². The van der Waals surface area contributed by atoms with Crippen LogP contribution in [0, 0.1) is 6.92 Å². The number of nitrogens with two attached hydrogens (primary N) is 2. The molecule has 0 amide bonds. The van der Waals surface area contributed by atoms with Crippen molar-refractivity contribution in [2.45, 2.75) is 13.5 Å². The number of rotatable bonds is 3. The third kappa shape index (κ3) is 3.00. The van der Waals surface area contributed by atoms with Crippen molar-refractivity contribution in [3.63, 3.8) is 0 Å². The van der Waals surface area contributed by atoms with Gasteiger partial charge in [-0.1, -0.05) is 23.7 Å². The maximum atomic E-state index is 5.87. The standard InChI is InChI=1S/C12H13ClN4S/c1-7-11(8-2-4-9(13)5-3-8)17-10(18-7)6-16-12(14)15/h2-5H,6H2,1H3,(H4,14,15,16). The fraction of sp³-hybridized carbons (Fsp3) is 0.167. The third-order valence-corrected chi connectivity index (χ3v) is 3.56. The molecule has 94 valence electrons. The molecule has 0 bridgehead atoms. The van der Waals surface area contributed by atoms with Gasteiger partial charge >= 0.3 is 0 Å². The molecule has 0 fully saturated rings. The fourth-order valence-electron chi connectivity index (χ4n) is 1.55. The number of aliphatic imine (C=N–C) groups is 1. The van der Waals surface area contributed by atoms with E-state index in [-0.39, 0.29) is 5.96 Å². The van der Waals surface area contributed by atoms with Crippen LogP contribution in [0.5, 0.6) is 0 Å². The summed E-state index contributed by atoms with van der Waals surface area (Å²) >= 11 is 7.46. The quantitative estimate of drug-likeness (QED) is 0.670. The first-order valence-electron chi connectivity index (χ1n) is 5.34. The summed E-state index contributed by atoms with van der Waals surface area (Å²) in [4.78, 5) is 9.63. The largest absolute Gasteiger partial charge is 0.370 e. The Kier molecular flexibility index (Phi) is 3.84. The highest BCUT2D eigenvalue weighted by molar-refractivity contribution is 7.12. The average Bonchev–Trinajstić information content (AvgIpc) is 2.69. The van der Waals surface area contributed by atoms with Gasteiger partial charge in [-0.15, -0.1) is 11.3 Å². The summed E-state index contributed by atoms with van der Waals surface area (Å²) in [6, 6.07) is 7.61. The van der Waals surface area contributed by atoms with E-state index in [1.165, 1.54) is 0 Å². The van der Waals surface area contributed by atoms with Gasteiger partial charge in [-0.3, -0.25) is 0 Å². The first-order valence-corrected chi connectivity index (χ1v) is 6.53. The smallest absolute Gasteiger partial charge is 0.186 e. The molecule has 1 heterocycles. The summed E-state index contributed by atoms with van der Waals surface area (Å²) in [7, 11) is 0. The molecule has 18 heavy (non-hydrogen) atoms. The molecule has 0 radical (unpaired) electrons.